The Kier molecular flexibility index (Phi) is 11.0. The quantitative estimate of drug-likeness (QED) is 0.388. The summed E-state index contributed by atoms with van der Waals surface area (Å²) in [6.07, 6.45) is -0.752. The average Bonchev–Trinajstić information content (AvgIpc) is 3.21. The van der Waals surface area contributed by atoms with Crippen molar-refractivity contribution < 1.29 is 29.0 Å². The highest BCUT2D eigenvalue weighted by molar-refractivity contribution is 5.97. The molecule has 8 nitrogen and oxygen atoms in total. The van der Waals surface area contributed by atoms with Crippen molar-refractivity contribution in [1.82, 2.24) is 0 Å². The number of hydrogen-bond acceptors (Lipinski definition) is 6. The molecule has 2 fully saturated rings. The third kappa shape index (κ3) is 6.43. The van der Waals surface area contributed by atoms with E-state index in [0.717, 1.165) is 45.5 Å². The van der Waals surface area contributed by atoms with Gasteiger partial charge in [-0.15, -0.1) is 0 Å². The second kappa shape index (κ2) is 12.6. The van der Waals surface area contributed by atoms with Crippen LogP contribution in [-0.4, -0.2) is 53.0 Å². The number of rotatable bonds is 4. The average molecular weight is 571 g/mol. The number of aryl methyl sites for hydroxylation is 2. The summed E-state index contributed by atoms with van der Waals surface area (Å²) in [5, 5.41) is 10.1. The zero-order chi connectivity index (χ0) is 29.6. The Balaban J connectivity index is 0.000000391. The lowest BCUT2D eigenvalue weighted by atomic mass is 9.92. The molecule has 228 valence electrons. The van der Waals surface area contributed by atoms with E-state index in [-0.39, 0.29) is 14.9 Å². The van der Waals surface area contributed by atoms with Crippen LogP contribution >= 0.6 is 0 Å². The largest absolute Gasteiger partial charge is 0.441 e. The Hall–Kier alpha value is -3.39. The van der Waals surface area contributed by atoms with Gasteiger partial charge in [0.25, 0.3) is 0 Å². The highest BCUT2D eigenvalue weighted by Gasteiger charge is 2.51. The van der Waals surface area contributed by atoms with Crippen LogP contribution in [0.15, 0.2) is 24.3 Å². The lowest BCUT2D eigenvalue weighted by Gasteiger charge is -2.32. The summed E-state index contributed by atoms with van der Waals surface area (Å²) in [4.78, 5) is 38.7. The third-order valence-corrected chi connectivity index (χ3v) is 8.24. The van der Waals surface area contributed by atoms with Crippen LogP contribution in [0.5, 0.6) is 0 Å². The molecule has 2 aliphatic heterocycles. The summed E-state index contributed by atoms with van der Waals surface area (Å²) in [6, 6.07) is 6.76. The van der Waals surface area contributed by atoms with Gasteiger partial charge >= 0.3 is 12.2 Å². The fourth-order valence-corrected chi connectivity index (χ4v) is 5.44. The molecule has 1 N–H and O–H groups in total. The van der Waals surface area contributed by atoms with E-state index in [0.29, 0.717) is 0 Å². The minimum atomic E-state index is -0.802. The number of cyclic esters (lactones) is 2. The fraction of sp³-hybridized carbons (Fsp3) is 0.545. The second-order valence-corrected chi connectivity index (χ2v) is 11.8. The predicted molar refractivity (Wildman–Crippen MR) is 166 cm³/mol. The molecule has 4 rings (SSSR count). The molecule has 41 heavy (non-hydrogen) atoms. The summed E-state index contributed by atoms with van der Waals surface area (Å²) in [6.45, 7) is 20.9. The fourth-order valence-electron chi connectivity index (χ4n) is 5.44. The van der Waals surface area contributed by atoms with Crippen molar-refractivity contribution >= 4 is 29.8 Å². The number of nitrogens with zero attached hydrogens (tertiary/aromatic N) is 2. The Morgan fingerprint density at radius 2 is 1.12 bits per heavy atom. The number of aldehydes is 1. The topological polar surface area (TPSA) is 96.4 Å². The normalized spacial score (nSPS) is 21.1. The number of amides is 2. The molecule has 2 aliphatic rings. The molecule has 0 spiro atoms. The van der Waals surface area contributed by atoms with Crippen LogP contribution < -0.4 is 9.80 Å². The van der Waals surface area contributed by atoms with Gasteiger partial charge in [0.2, 0.25) is 0 Å². The molecule has 0 bridgehead atoms. The van der Waals surface area contributed by atoms with Crippen LogP contribution in [-0.2, 0) is 14.3 Å². The van der Waals surface area contributed by atoms with Crippen LogP contribution in [0, 0.1) is 41.5 Å². The van der Waals surface area contributed by atoms with Gasteiger partial charge in [-0.25, -0.2) is 9.59 Å². The van der Waals surface area contributed by atoms with E-state index in [2.05, 4.69) is 0 Å². The molecule has 8 heteroatoms. The van der Waals surface area contributed by atoms with E-state index in [1.54, 1.807) is 25.7 Å². The monoisotopic (exact) mass is 570 g/mol. The Morgan fingerprint density at radius 3 is 1.54 bits per heavy atom. The maximum absolute atomic E-state index is 12.2. The molecule has 2 amide bonds. The number of ether oxygens (including phenoxy) is 2. The highest BCUT2D eigenvalue weighted by Crippen LogP contribution is 2.38. The van der Waals surface area contributed by atoms with Crippen molar-refractivity contribution in [1.29, 1.82) is 0 Å². The molecule has 0 radical (unpaired) electrons. The van der Waals surface area contributed by atoms with Gasteiger partial charge in [0.1, 0.15) is 29.6 Å². The molecular weight excluding hydrogens is 520 g/mol. The zero-order valence-electron chi connectivity index (χ0n) is 25.0. The van der Waals surface area contributed by atoms with Gasteiger partial charge < -0.3 is 19.4 Å². The first kappa shape index (κ1) is 35.6. The van der Waals surface area contributed by atoms with Gasteiger partial charge in [-0.05, 0) is 122 Å². The van der Waals surface area contributed by atoms with Gasteiger partial charge in [0.05, 0.1) is 17.5 Å². The summed E-state index contributed by atoms with van der Waals surface area (Å²) in [7, 11) is 0. The number of aliphatic hydroxyl groups excluding tert-OH is 1. The van der Waals surface area contributed by atoms with Gasteiger partial charge in [0, 0.05) is 0 Å². The molecule has 0 aromatic heterocycles. The molecule has 3 atom stereocenters. The van der Waals surface area contributed by atoms with E-state index in [9.17, 15) is 19.5 Å². The van der Waals surface area contributed by atoms with Crippen molar-refractivity contribution in [3.05, 3.63) is 57.6 Å². The van der Waals surface area contributed by atoms with E-state index in [4.69, 9.17) is 9.47 Å². The van der Waals surface area contributed by atoms with Crippen LogP contribution in [0.3, 0.4) is 0 Å². The Bertz CT molecular complexity index is 1300. The van der Waals surface area contributed by atoms with E-state index >= 15 is 0 Å². The minimum absolute atomic E-state index is 0. The minimum Gasteiger partial charge on any atom is -0.441 e. The summed E-state index contributed by atoms with van der Waals surface area (Å²) in [5.74, 6) is 0. The summed E-state index contributed by atoms with van der Waals surface area (Å²) in [5.41, 5.74) is 6.73. The Morgan fingerprint density at radius 1 is 0.732 bits per heavy atom. The van der Waals surface area contributed by atoms with Crippen molar-refractivity contribution in [2.75, 3.05) is 9.80 Å². The molecular formula is C33H50N2O6. The van der Waals surface area contributed by atoms with E-state index < -0.39 is 41.6 Å². The molecule has 2 aromatic rings. The number of carbonyl (C=O) groups excluding carboxylic acids is 3. The first-order valence-electron chi connectivity index (χ1n) is 13.3. The van der Waals surface area contributed by atoms with E-state index in [1.807, 2.05) is 79.7 Å². The molecule has 0 saturated carbocycles. The molecule has 1 unspecified atom stereocenters. The standard InChI is InChI=1S/C16H23NO3.C15H19NO3.2CH4/c1-9-7-8-13(11(3)10(9)2)17-14(12(4)18)16(5,6)20-15(17)19;1-9-6-7-12(11(3)10(9)2)16-13(8-17)15(4,5)19-14(16)18;;/h7-8,12,14,18H,1-6H3;6-8,13H,1-5H3;2*1H4/t12?,14-;13-;;/m00../s1. The molecule has 2 aromatic carbocycles. The maximum atomic E-state index is 12.2. The van der Waals surface area contributed by atoms with Gasteiger partial charge in [-0.2, -0.15) is 0 Å². The van der Waals surface area contributed by atoms with Gasteiger partial charge in [0.15, 0.2) is 0 Å². The predicted octanol–water partition coefficient (Wildman–Crippen LogP) is 7.28. The maximum Gasteiger partial charge on any atom is 0.415 e. The molecule has 2 saturated heterocycles. The van der Waals surface area contributed by atoms with Crippen LogP contribution in [0.25, 0.3) is 0 Å². The summed E-state index contributed by atoms with van der Waals surface area (Å²) >= 11 is 0. The van der Waals surface area contributed by atoms with Gasteiger partial charge in [-0.3, -0.25) is 9.80 Å². The van der Waals surface area contributed by atoms with Crippen molar-refractivity contribution in [2.24, 2.45) is 0 Å². The van der Waals surface area contributed by atoms with Crippen molar-refractivity contribution in [3.63, 3.8) is 0 Å². The first-order valence-corrected chi connectivity index (χ1v) is 13.3. The third-order valence-electron chi connectivity index (χ3n) is 8.24. The number of benzene rings is 2. The number of anilines is 2. The number of carbonyl (C=O) groups is 3. The van der Waals surface area contributed by atoms with Crippen molar-refractivity contribution in [3.8, 4) is 0 Å². The highest BCUT2D eigenvalue weighted by atomic mass is 16.6. The lowest BCUT2D eigenvalue weighted by molar-refractivity contribution is -0.111. The second-order valence-electron chi connectivity index (χ2n) is 11.8. The molecule has 2 heterocycles. The van der Waals surface area contributed by atoms with Gasteiger partial charge in [-0.1, -0.05) is 27.0 Å². The zero-order valence-corrected chi connectivity index (χ0v) is 25.0. The lowest BCUT2D eigenvalue weighted by Crippen LogP contribution is -2.49. The molecule has 0 aliphatic carbocycles. The van der Waals surface area contributed by atoms with Crippen LogP contribution in [0.4, 0.5) is 21.0 Å². The van der Waals surface area contributed by atoms with Crippen LogP contribution in [0.2, 0.25) is 0 Å². The summed E-state index contributed by atoms with van der Waals surface area (Å²) < 4.78 is 10.7. The SMILES string of the molecule is C.C.Cc1ccc(N2C(=O)OC(C)(C)[C@@H]2C(C)O)c(C)c1C.Cc1ccc(N2C(=O)OC(C)(C)[C@@H]2C=O)c(C)c1C. The van der Waals surface area contributed by atoms with Crippen LogP contribution in [0.1, 0.15) is 82.9 Å². The number of hydrogen-bond donors (Lipinski definition) is 1. The van der Waals surface area contributed by atoms with Crippen molar-refractivity contribution in [2.45, 2.75) is 120 Å². The number of aliphatic hydroxyl groups is 1. The van der Waals surface area contributed by atoms with E-state index in [1.165, 1.54) is 10.5 Å². The first-order chi connectivity index (χ1) is 18.0. The Labute approximate surface area is 246 Å². The smallest absolute Gasteiger partial charge is 0.415 e.